The van der Waals surface area contributed by atoms with Crippen LogP contribution >= 0.6 is 15.3 Å². The molecule has 0 aliphatic carbocycles. The molecule has 1 saturated heterocycles. The van der Waals surface area contributed by atoms with Gasteiger partial charge in [0, 0.05) is 18.7 Å². The lowest BCUT2D eigenvalue weighted by atomic mass is 10.2. The molecule has 2 rings (SSSR count). The molecule has 2 unspecified atom stereocenters. The lowest BCUT2D eigenvalue weighted by molar-refractivity contribution is -0.0352. The van der Waals surface area contributed by atoms with E-state index in [-0.39, 0.29) is 13.0 Å². The smallest absolute Gasteiger partial charge is 0.330 e. The molecule has 13 heteroatoms. The van der Waals surface area contributed by atoms with Crippen molar-refractivity contribution >= 4 is 27.1 Å². The predicted octanol–water partition coefficient (Wildman–Crippen LogP) is -0.392. The Balaban J connectivity index is 2.21. The first-order valence-electron chi connectivity index (χ1n) is 6.01. The van der Waals surface area contributed by atoms with Gasteiger partial charge in [-0.3, -0.25) is 24.4 Å². The Kier molecular flexibility index (Phi) is 5.76. The Bertz CT molecular complexity index is 701. The highest BCUT2D eigenvalue weighted by atomic mass is 32.5. The molecule has 0 spiro atoms. The number of ether oxygens (including phenoxy) is 1. The van der Waals surface area contributed by atoms with Crippen LogP contribution in [0.4, 0.5) is 0 Å². The van der Waals surface area contributed by atoms with Crippen LogP contribution in [0.15, 0.2) is 21.9 Å². The maximum absolute atomic E-state index is 11.8. The first-order valence-corrected chi connectivity index (χ1v) is 9.49. The van der Waals surface area contributed by atoms with Crippen molar-refractivity contribution in [3.63, 3.8) is 0 Å². The van der Waals surface area contributed by atoms with E-state index < -0.39 is 45.0 Å². The van der Waals surface area contributed by atoms with Gasteiger partial charge in [0.1, 0.15) is 12.3 Å². The summed E-state index contributed by atoms with van der Waals surface area (Å²) in [6.45, 7) is -3.56. The van der Waals surface area contributed by atoms with E-state index in [9.17, 15) is 19.0 Å². The van der Waals surface area contributed by atoms with Gasteiger partial charge in [0.05, 0.1) is 12.7 Å². The lowest BCUT2D eigenvalue weighted by Gasteiger charge is -2.20. The number of hydrogen-bond donors (Lipinski definition) is 3. The summed E-state index contributed by atoms with van der Waals surface area (Å²) in [4.78, 5) is 34.4. The third kappa shape index (κ3) is 4.61. The van der Waals surface area contributed by atoms with E-state index in [2.05, 4.69) is 16.8 Å². The van der Waals surface area contributed by atoms with Gasteiger partial charge in [-0.25, -0.2) is 9.36 Å². The van der Waals surface area contributed by atoms with Gasteiger partial charge in [-0.2, -0.15) is 0 Å². The summed E-state index contributed by atoms with van der Waals surface area (Å²) in [5.41, 5.74) is 4.13. The molecular formula is C9H13N3O7P2S. The minimum absolute atomic E-state index is 0.111. The monoisotopic (exact) mass is 369 g/mol. The molecule has 22 heavy (non-hydrogen) atoms. The molecular weight excluding hydrogens is 356 g/mol. The molecule has 1 aromatic rings. The van der Waals surface area contributed by atoms with Gasteiger partial charge < -0.3 is 14.2 Å². The number of nitrogens with zero attached hydrogens (tertiary/aromatic N) is 1. The second kappa shape index (κ2) is 7.20. The molecule has 122 valence electrons. The number of H-pyrrole nitrogens is 1. The van der Waals surface area contributed by atoms with Crippen LogP contribution in [0.2, 0.25) is 0 Å². The molecule has 10 nitrogen and oxygen atoms in total. The zero-order valence-electron chi connectivity index (χ0n) is 11.0. The SMILES string of the molecule is NP(O)(=S)OC1C[C@H](n2ccc(=O)[nH]c2=O)O[C@@H]1COP=O. The standard InChI is InChI=1S/C9H13N3O7P2S/c10-21(16,22)19-5-3-8(18-6(5)4-17-20-15)12-2-1-7(13)11-9(12)14/h1-2,5-6,8H,3-4H2,(H3,10,16,22)(H,11,13,14)/t5?,6-,8-,21?/m1/s1. The zero-order valence-corrected chi connectivity index (χ0v) is 13.6. The van der Waals surface area contributed by atoms with E-state index in [0.29, 0.717) is 0 Å². The summed E-state index contributed by atoms with van der Waals surface area (Å²) in [6.07, 6.45) is -0.830. The predicted molar refractivity (Wildman–Crippen MR) is 79.0 cm³/mol. The minimum Gasteiger partial charge on any atom is -0.349 e. The number of aromatic amines is 1. The van der Waals surface area contributed by atoms with Crippen LogP contribution in [0.3, 0.4) is 0 Å². The van der Waals surface area contributed by atoms with Gasteiger partial charge in [-0.1, -0.05) is 0 Å². The molecule has 1 fully saturated rings. The number of nitrogens with one attached hydrogen (secondary N) is 1. The summed E-state index contributed by atoms with van der Waals surface area (Å²) in [7, 11) is -0.549. The fourth-order valence-corrected chi connectivity index (χ4v) is 3.23. The van der Waals surface area contributed by atoms with Crippen molar-refractivity contribution in [1.29, 1.82) is 0 Å². The second-order valence-corrected chi connectivity index (χ2v) is 7.78. The molecule has 0 saturated carbocycles. The van der Waals surface area contributed by atoms with Crippen molar-refractivity contribution in [2.45, 2.75) is 24.9 Å². The summed E-state index contributed by atoms with van der Waals surface area (Å²) < 4.78 is 27.0. The first kappa shape index (κ1) is 17.6. The van der Waals surface area contributed by atoms with E-state index in [1.807, 2.05) is 0 Å². The molecule has 2 heterocycles. The van der Waals surface area contributed by atoms with E-state index in [4.69, 9.17) is 19.3 Å². The average molecular weight is 369 g/mol. The molecule has 0 bridgehead atoms. The highest BCUT2D eigenvalue weighted by Gasteiger charge is 2.39. The fourth-order valence-electron chi connectivity index (χ4n) is 2.08. The Morgan fingerprint density at radius 1 is 1.64 bits per heavy atom. The maximum Gasteiger partial charge on any atom is 0.330 e. The Morgan fingerprint density at radius 3 is 2.95 bits per heavy atom. The van der Waals surface area contributed by atoms with Crippen molar-refractivity contribution in [1.82, 2.24) is 9.55 Å². The maximum atomic E-state index is 11.8. The van der Waals surface area contributed by atoms with Gasteiger partial charge >= 0.3 is 14.4 Å². The van der Waals surface area contributed by atoms with Crippen LogP contribution in [0.25, 0.3) is 0 Å². The van der Waals surface area contributed by atoms with E-state index in [0.717, 1.165) is 4.57 Å². The lowest BCUT2D eigenvalue weighted by Crippen LogP contribution is -2.31. The minimum atomic E-state index is -3.45. The Hall–Kier alpha value is -0.770. The molecule has 1 aliphatic rings. The second-order valence-electron chi connectivity index (χ2n) is 4.46. The van der Waals surface area contributed by atoms with Crippen LogP contribution in [0.5, 0.6) is 0 Å². The number of aromatic nitrogens is 2. The molecule has 4 atom stereocenters. The summed E-state index contributed by atoms with van der Waals surface area (Å²) in [5, 5.41) is 0. The van der Waals surface area contributed by atoms with Crippen molar-refractivity contribution < 1.29 is 23.2 Å². The van der Waals surface area contributed by atoms with Crippen molar-refractivity contribution in [3.8, 4) is 0 Å². The van der Waals surface area contributed by atoms with Gasteiger partial charge in [0.2, 0.25) is 0 Å². The average Bonchev–Trinajstić information content (AvgIpc) is 2.76. The fraction of sp³-hybridized carbons (Fsp3) is 0.556. The van der Waals surface area contributed by atoms with Crippen molar-refractivity contribution in [3.05, 3.63) is 33.1 Å². The van der Waals surface area contributed by atoms with Gasteiger partial charge in [0.25, 0.3) is 12.2 Å². The van der Waals surface area contributed by atoms with Crippen LogP contribution in [0, 0.1) is 0 Å². The van der Waals surface area contributed by atoms with Crippen molar-refractivity contribution in [2.24, 2.45) is 5.50 Å². The molecule has 0 aromatic carbocycles. The topological polar surface area (TPSA) is 146 Å². The summed E-state index contributed by atoms with van der Waals surface area (Å²) >= 11 is 4.63. The Morgan fingerprint density at radius 2 is 2.36 bits per heavy atom. The van der Waals surface area contributed by atoms with Crippen LogP contribution in [0.1, 0.15) is 12.6 Å². The van der Waals surface area contributed by atoms with Gasteiger partial charge in [-0.05, 0) is 11.8 Å². The molecule has 1 aromatic heterocycles. The summed E-state index contributed by atoms with van der Waals surface area (Å²) in [6, 6.07) is 1.17. The Labute approximate surface area is 130 Å². The van der Waals surface area contributed by atoms with E-state index >= 15 is 0 Å². The highest BCUT2D eigenvalue weighted by Crippen LogP contribution is 2.41. The van der Waals surface area contributed by atoms with E-state index in [1.165, 1.54) is 12.3 Å². The molecule has 0 amide bonds. The van der Waals surface area contributed by atoms with Gasteiger partial charge in [-0.15, -0.1) is 0 Å². The molecule has 1 aliphatic heterocycles. The van der Waals surface area contributed by atoms with Crippen LogP contribution < -0.4 is 16.8 Å². The zero-order chi connectivity index (χ0) is 16.3. The van der Waals surface area contributed by atoms with Gasteiger partial charge in [0.15, 0.2) is 0 Å². The third-order valence-corrected chi connectivity index (χ3v) is 4.01. The first-order chi connectivity index (χ1) is 10.3. The highest BCUT2D eigenvalue weighted by molar-refractivity contribution is 8.08. The normalized spacial score (nSPS) is 27.8. The molecule has 4 N–H and O–H groups in total. The third-order valence-electron chi connectivity index (χ3n) is 2.92. The number of nitrogens with two attached hydrogens (primary N) is 1. The quantitative estimate of drug-likeness (QED) is 0.570. The molecule has 0 radical (unpaired) electrons. The number of hydrogen-bond acceptors (Lipinski definition) is 7. The van der Waals surface area contributed by atoms with Crippen LogP contribution in [-0.2, 0) is 30.2 Å². The largest absolute Gasteiger partial charge is 0.349 e. The van der Waals surface area contributed by atoms with Crippen molar-refractivity contribution in [2.75, 3.05) is 6.61 Å². The van der Waals surface area contributed by atoms with Crippen LogP contribution in [-0.4, -0.2) is 33.3 Å². The van der Waals surface area contributed by atoms with E-state index in [1.54, 1.807) is 0 Å². The summed E-state index contributed by atoms with van der Waals surface area (Å²) in [5.74, 6) is 0. The number of rotatable bonds is 6.